The Morgan fingerprint density at radius 3 is 2.60 bits per heavy atom. The molecule has 0 fully saturated rings. The minimum atomic E-state index is 0.0317. The van der Waals surface area contributed by atoms with Crippen LogP contribution in [0.3, 0.4) is 0 Å². The molecule has 1 heterocycles. The molecule has 4 rings (SSSR count). The number of hydrogen-bond donors (Lipinski definition) is 0. The topological polar surface area (TPSA) is 68.5 Å². The zero-order valence-electron chi connectivity index (χ0n) is 17.0. The second-order valence-corrected chi connectivity index (χ2v) is 7.17. The fourth-order valence-corrected chi connectivity index (χ4v) is 3.33. The third kappa shape index (κ3) is 4.49. The van der Waals surface area contributed by atoms with E-state index in [1.807, 2.05) is 61.6 Å². The molecule has 0 aliphatic rings. The Morgan fingerprint density at radius 1 is 1.03 bits per heavy atom. The second-order valence-electron chi connectivity index (χ2n) is 7.17. The van der Waals surface area contributed by atoms with Gasteiger partial charge in [0.1, 0.15) is 5.75 Å². The molecule has 1 amide bonds. The molecule has 0 radical (unpaired) electrons. The number of nitrogens with zero attached hydrogens (tertiary/aromatic N) is 3. The summed E-state index contributed by atoms with van der Waals surface area (Å²) in [5, 5.41) is 6.23. The minimum absolute atomic E-state index is 0.0317. The van der Waals surface area contributed by atoms with E-state index in [1.165, 1.54) is 0 Å². The van der Waals surface area contributed by atoms with Crippen LogP contribution in [0.2, 0.25) is 0 Å². The SMILES string of the molecule is COc1ccc2cc(CN(C)C(=O)CCc3nc(-c4ccccc4)no3)ccc2c1. The zero-order chi connectivity index (χ0) is 20.9. The van der Waals surface area contributed by atoms with Gasteiger partial charge in [-0.25, -0.2) is 0 Å². The van der Waals surface area contributed by atoms with E-state index in [-0.39, 0.29) is 5.91 Å². The van der Waals surface area contributed by atoms with Crippen molar-refractivity contribution in [2.24, 2.45) is 0 Å². The molecule has 4 aromatic rings. The first-order chi connectivity index (χ1) is 14.6. The number of rotatable bonds is 7. The number of ether oxygens (including phenoxy) is 1. The highest BCUT2D eigenvalue weighted by molar-refractivity contribution is 5.84. The maximum Gasteiger partial charge on any atom is 0.227 e. The van der Waals surface area contributed by atoms with Crippen LogP contribution >= 0.6 is 0 Å². The smallest absolute Gasteiger partial charge is 0.227 e. The van der Waals surface area contributed by atoms with Crippen LogP contribution in [0.1, 0.15) is 17.9 Å². The fourth-order valence-electron chi connectivity index (χ4n) is 3.33. The van der Waals surface area contributed by atoms with Gasteiger partial charge in [0.2, 0.25) is 17.6 Å². The van der Waals surface area contributed by atoms with Crippen molar-refractivity contribution in [2.45, 2.75) is 19.4 Å². The molecule has 0 N–H and O–H groups in total. The summed E-state index contributed by atoms with van der Waals surface area (Å²) >= 11 is 0. The Bertz CT molecular complexity index is 1150. The summed E-state index contributed by atoms with van der Waals surface area (Å²) in [6, 6.07) is 21.8. The van der Waals surface area contributed by atoms with Crippen LogP contribution in [0.5, 0.6) is 5.75 Å². The molecule has 0 saturated carbocycles. The van der Waals surface area contributed by atoms with Gasteiger partial charge in [-0.1, -0.05) is 53.7 Å². The number of amides is 1. The Hall–Kier alpha value is -3.67. The van der Waals surface area contributed by atoms with Gasteiger partial charge in [-0.05, 0) is 34.5 Å². The number of hydrogen-bond acceptors (Lipinski definition) is 5. The van der Waals surface area contributed by atoms with Crippen molar-refractivity contribution in [2.75, 3.05) is 14.2 Å². The van der Waals surface area contributed by atoms with Gasteiger partial charge in [0.15, 0.2) is 0 Å². The van der Waals surface area contributed by atoms with E-state index in [1.54, 1.807) is 12.0 Å². The molecule has 0 atom stereocenters. The number of benzene rings is 3. The highest BCUT2D eigenvalue weighted by atomic mass is 16.5. The highest BCUT2D eigenvalue weighted by Gasteiger charge is 2.14. The largest absolute Gasteiger partial charge is 0.497 e. The summed E-state index contributed by atoms with van der Waals surface area (Å²) in [5.74, 6) is 1.87. The van der Waals surface area contributed by atoms with Gasteiger partial charge in [-0.15, -0.1) is 0 Å². The predicted molar refractivity (Wildman–Crippen MR) is 115 cm³/mol. The summed E-state index contributed by atoms with van der Waals surface area (Å²) in [6.45, 7) is 0.542. The number of fused-ring (bicyclic) bond motifs is 1. The van der Waals surface area contributed by atoms with E-state index in [2.05, 4.69) is 22.3 Å². The lowest BCUT2D eigenvalue weighted by atomic mass is 10.1. The number of methoxy groups -OCH3 is 1. The van der Waals surface area contributed by atoms with E-state index in [9.17, 15) is 4.79 Å². The van der Waals surface area contributed by atoms with E-state index in [0.29, 0.717) is 31.1 Å². The monoisotopic (exact) mass is 401 g/mol. The first-order valence-electron chi connectivity index (χ1n) is 9.81. The summed E-state index contributed by atoms with van der Waals surface area (Å²) in [6.07, 6.45) is 0.734. The van der Waals surface area contributed by atoms with Gasteiger partial charge >= 0.3 is 0 Å². The van der Waals surface area contributed by atoms with Crippen molar-refractivity contribution >= 4 is 16.7 Å². The Labute approximate surface area is 175 Å². The van der Waals surface area contributed by atoms with E-state index in [4.69, 9.17) is 9.26 Å². The molecule has 0 unspecified atom stereocenters. The lowest BCUT2D eigenvalue weighted by Gasteiger charge is -2.17. The number of aryl methyl sites for hydroxylation is 1. The van der Waals surface area contributed by atoms with Gasteiger partial charge in [0.05, 0.1) is 7.11 Å². The second kappa shape index (κ2) is 8.78. The predicted octanol–water partition coefficient (Wildman–Crippen LogP) is 4.49. The van der Waals surface area contributed by atoms with Crippen molar-refractivity contribution in [3.63, 3.8) is 0 Å². The van der Waals surface area contributed by atoms with Crippen molar-refractivity contribution in [3.8, 4) is 17.1 Å². The molecule has 3 aromatic carbocycles. The van der Waals surface area contributed by atoms with Crippen LogP contribution in [0.15, 0.2) is 71.3 Å². The van der Waals surface area contributed by atoms with Crippen molar-refractivity contribution in [1.29, 1.82) is 0 Å². The minimum Gasteiger partial charge on any atom is -0.497 e. The van der Waals surface area contributed by atoms with Gasteiger partial charge < -0.3 is 14.2 Å². The van der Waals surface area contributed by atoms with Crippen LogP contribution < -0.4 is 4.74 Å². The molecule has 0 bridgehead atoms. The molecule has 0 saturated heterocycles. The third-order valence-corrected chi connectivity index (χ3v) is 5.01. The van der Waals surface area contributed by atoms with Crippen LogP contribution in [0, 0.1) is 0 Å². The Kier molecular flexibility index (Phi) is 5.75. The summed E-state index contributed by atoms with van der Waals surface area (Å²) < 4.78 is 10.6. The molecular weight excluding hydrogens is 378 g/mol. The lowest BCUT2D eigenvalue weighted by molar-refractivity contribution is -0.130. The first-order valence-corrected chi connectivity index (χ1v) is 9.81. The van der Waals surface area contributed by atoms with Gasteiger partial charge in [-0.3, -0.25) is 4.79 Å². The standard InChI is InChI=1S/C24H23N3O3/c1-27(16-17-8-9-20-15-21(29-2)11-10-19(20)14-17)23(28)13-12-22-25-24(26-30-22)18-6-4-3-5-7-18/h3-11,14-15H,12-13,16H2,1-2H3. The lowest BCUT2D eigenvalue weighted by Crippen LogP contribution is -2.26. The molecular formula is C24H23N3O3. The zero-order valence-corrected chi connectivity index (χ0v) is 17.0. The third-order valence-electron chi connectivity index (χ3n) is 5.01. The molecule has 0 aliphatic carbocycles. The normalized spacial score (nSPS) is 10.9. The maximum absolute atomic E-state index is 12.6. The molecule has 6 heteroatoms. The van der Waals surface area contributed by atoms with Crippen LogP contribution in [0.4, 0.5) is 0 Å². The van der Waals surface area contributed by atoms with Crippen molar-refractivity contribution in [3.05, 3.63) is 78.2 Å². The maximum atomic E-state index is 12.6. The number of carbonyl (C=O) groups is 1. The molecule has 30 heavy (non-hydrogen) atoms. The average molecular weight is 401 g/mol. The van der Waals surface area contributed by atoms with Gasteiger partial charge in [0.25, 0.3) is 0 Å². The number of carbonyl (C=O) groups excluding carboxylic acids is 1. The summed E-state index contributed by atoms with van der Waals surface area (Å²) in [4.78, 5) is 18.7. The highest BCUT2D eigenvalue weighted by Crippen LogP contribution is 2.22. The van der Waals surface area contributed by atoms with E-state index in [0.717, 1.165) is 27.6 Å². The average Bonchev–Trinajstić information content (AvgIpc) is 3.26. The van der Waals surface area contributed by atoms with E-state index < -0.39 is 0 Å². The summed E-state index contributed by atoms with van der Waals surface area (Å²) in [5.41, 5.74) is 1.97. The number of aromatic nitrogens is 2. The molecule has 6 nitrogen and oxygen atoms in total. The molecule has 0 aliphatic heterocycles. The van der Waals surface area contributed by atoms with Crippen LogP contribution in [0.25, 0.3) is 22.2 Å². The molecule has 152 valence electrons. The Morgan fingerprint density at radius 2 is 1.80 bits per heavy atom. The van der Waals surface area contributed by atoms with Crippen molar-refractivity contribution in [1.82, 2.24) is 15.0 Å². The Balaban J connectivity index is 1.35. The van der Waals surface area contributed by atoms with Gasteiger partial charge in [0, 0.05) is 32.0 Å². The van der Waals surface area contributed by atoms with E-state index >= 15 is 0 Å². The molecule has 0 spiro atoms. The molecule has 1 aromatic heterocycles. The van der Waals surface area contributed by atoms with Crippen molar-refractivity contribution < 1.29 is 14.1 Å². The summed E-state index contributed by atoms with van der Waals surface area (Å²) in [7, 11) is 3.47. The van der Waals surface area contributed by atoms with Crippen LogP contribution in [-0.4, -0.2) is 35.1 Å². The fraction of sp³-hybridized carbons (Fsp3) is 0.208. The quantitative estimate of drug-likeness (QED) is 0.456. The van der Waals surface area contributed by atoms with Gasteiger partial charge in [-0.2, -0.15) is 4.98 Å². The first kappa shape index (κ1) is 19.6. The van der Waals surface area contributed by atoms with Crippen LogP contribution in [-0.2, 0) is 17.8 Å².